The highest BCUT2D eigenvalue weighted by Gasteiger charge is 2.16. The summed E-state index contributed by atoms with van der Waals surface area (Å²) in [7, 11) is 0. The predicted molar refractivity (Wildman–Crippen MR) is 99.0 cm³/mol. The van der Waals surface area contributed by atoms with Gasteiger partial charge in [-0.05, 0) is 36.0 Å². The molecule has 5 heteroatoms. The maximum Gasteiger partial charge on any atom is 0.290 e. The Kier molecular flexibility index (Phi) is 6.04. The third-order valence-electron chi connectivity index (χ3n) is 4.03. The molecule has 3 rings (SSSR count). The molecule has 1 heterocycles. The highest BCUT2D eigenvalue weighted by molar-refractivity contribution is 5.91. The number of carbonyl (C=O) groups excluding carboxylic acids is 1. The minimum absolute atomic E-state index is 0.0292. The van der Waals surface area contributed by atoms with Gasteiger partial charge in [0.15, 0.2) is 0 Å². The number of amides is 1. The molecule has 0 fully saturated rings. The van der Waals surface area contributed by atoms with E-state index >= 15 is 0 Å². The number of hydrogen-bond acceptors (Lipinski definition) is 4. The summed E-state index contributed by atoms with van der Waals surface area (Å²) in [5.41, 5.74) is 2.28. The Morgan fingerprint density at radius 3 is 2.42 bits per heavy atom. The summed E-state index contributed by atoms with van der Waals surface area (Å²) in [6.07, 6.45) is 1.76. The van der Waals surface area contributed by atoms with Gasteiger partial charge in [0.25, 0.3) is 11.8 Å². The third-order valence-corrected chi connectivity index (χ3v) is 4.03. The number of nitrogens with zero attached hydrogens (tertiary/aromatic N) is 1. The lowest BCUT2D eigenvalue weighted by molar-refractivity contribution is 0.0900. The minimum Gasteiger partial charge on any atom is -0.471 e. The van der Waals surface area contributed by atoms with E-state index in [1.165, 1.54) is 11.6 Å². The lowest BCUT2D eigenvalue weighted by Crippen LogP contribution is -2.32. The molecule has 0 radical (unpaired) electrons. The number of carbonyl (C=O) groups is 1. The quantitative estimate of drug-likeness (QED) is 0.667. The fourth-order valence-corrected chi connectivity index (χ4v) is 2.56. The number of benzene rings is 2. The second kappa shape index (κ2) is 8.85. The molecular weight excluding hydrogens is 328 g/mol. The Morgan fingerprint density at radius 1 is 1.08 bits per heavy atom. The van der Waals surface area contributed by atoms with Crippen LogP contribution in [0.3, 0.4) is 0 Å². The molecule has 0 saturated heterocycles. The second-order valence-corrected chi connectivity index (χ2v) is 6.20. The SMILES string of the molecule is C[C@@H](CCc1ccccc1)NC(=O)c1cc(OCc2ccccc2)no1. The fourth-order valence-electron chi connectivity index (χ4n) is 2.56. The van der Waals surface area contributed by atoms with Gasteiger partial charge in [-0.25, -0.2) is 0 Å². The standard InChI is InChI=1S/C21H22N2O3/c1-16(12-13-17-8-4-2-5-9-17)22-21(24)19-14-20(23-26-19)25-15-18-10-6-3-7-11-18/h2-11,14,16H,12-13,15H2,1H3,(H,22,24)/t16-/m0/s1. The van der Waals surface area contributed by atoms with Gasteiger partial charge in [0.2, 0.25) is 5.76 Å². The molecular formula is C21H22N2O3. The Labute approximate surface area is 153 Å². The highest BCUT2D eigenvalue weighted by Crippen LogP contribution is 2.14. The first-order valence-corrected chi connectivity index (χ1v) is 8.69. The summed E-state index contributed by atoms with van der Waals surface area (Å²) >= 11 is 0. The Morgan fingerprint density at radius 2 is 1.73 bits per heavy atom. The number of ether oxygens (including phenoxy) is 1. The van der Waals surface area contributed by atoms with Crippen molar-refractivity contribution in [3.05, 3.63) is 83.6 Å². The molecule has 0 aliphatic carbocycles. The normalized spacial score (nSPS) is 11.7. The average molecular weight is 350 g/mol. The van der Waals surface area contributed by atoms with Crippen LogP contribution in [-0.4, -0.2) is 17.1 Å². The lowest BCUT2D eigenvalue weighted by atomic mass is 10.1. The first-order chi connectivity index (χ1) is 12.7. The van der Waals surface area contributed by atoms with E-state index in [0.29, 0.717) is 12.5 Å². The molecule has 26 heavy (non-hydrogen) atoms. The lowest BCUT2D eigenvalue weighted by Gasteiger charge is -2.12. The number of aromatic nitrogens is 1. The van der Waals surface area contributed by atoms with Crippen LogP contribution >= 0.6 is 0 Å². The van der Waals surface area contributed by atoms with Gasteiger partial charge in [0.1, 0.15) is 6.61 Å². The summed E-state index contributed by atoms with van der Waals surface area (Å²) in [6, 6.07) is 21.5. The van der Waals surface area contributed by atoms with E-state index in [-0.39, 0.29) is 17.7 Å². The second-order valence-electron chi connectivity index (χ2n) is 6.20. The van der Waals surface area contributed by atoms with Crippen molar-refractivity contribution in [3.63, 3.8) is 0 Å². The van der Waals surface area contributed by atoms with Crippen molar-refractivity contribution in [2.24, 2.45) is 0 Å². The van der Waals surface area contributed by atoms with Crippen LogP contribution in [0.15, 0.2) is 71.3 Å². The fraction of sp³-hybridized carbons (Fsp3) is 0.238. The van der Waals surface area contributed by atoms with Gasteiger partial charge in [-0.3, -0.25) is 4.79 Å². The smallest absolute Gasteiger partial charge is 0.290 e. The van der Waals surface area contributed by atoms with Crippen molar-refractivity contribution < 1.29 is 14.1 Å². The van der Waals surface area contributed by atoms with E-state index in [0.717, 1.165) is 18.4 Å². The molecule has 1 aromatic heterocycles. The summed E-state index contributed by atoms with van der Waals surface area (Å²) in [5.74, 6) is 0.170. The van der Waals surface area contributed by atoms with Crippen LogP contribution in [0.1, 0.15) is 35.0 Å². The zero-order chi connectivity index (χ0) is 18.2. The molecule has 0 bridgehead atoms. The molecule has 0 spiro atoms. The minimum atomic E-state index is -0.285. The first kappa shape index (κ1) is 17.7. The number of hydrogen-bond donors (Lipinski definition) is 1. The first-order valence-electron chi connectivity index (χ1n) is 8.69. The molecule has 1 amide bonds. The molecule has 5 nitrogen and oxygen atoms in total. The van der Waals surface area contributed by atoms with Gasteiger partial charge in [-0.15, -0.1) is 0 Å². The van der Waals surface area contributed by atoms with Crippen molar-refractivity contribution in [3.8, 4) is 5.88 Å². The van der Waals surface area contributed by atoms with Crippen LogP contribution in [-0.2, 0) is 13.0 Å². The van der Waals surface area contributed by atoms with Crippen molar-refractivity contribution in [1.82, 2.24) is 10.5 Å². The largest absolute Gasteiger partial charge is 0.471 e. The van der Waals surface area contributed by atoms with E-state index in [9.17, 15) is 4.79 Å². The number of nitrogens with one attached hydrogen (secondary N) is 1. The highest BCUT2D eigenvalue weighted by atomic mass is 16.5. The molecule has 2 aromatic carbocycles. The van der Waals surface area contributed by atoms with Crippen molar-refractivity contribution in [2.75, 3.05) is 0 Å². The number of rotatable bonds is 8. The molecule has 1 atom stereocenters. The van der Waals surface area contributed by atoms with Crippen LogP contribution < -0.4 is 10.1 Å². The summed E-state index contributed by atoms with van der Waals surface area (Å²) in [6.45, 7) is 2.35. The van der Waals surface area contributed by atoms with Crippen LogP contribution in [0, 0.1) is 0 Å². The van der Waals surface area contributed by atoms with Crippen LogP contribution in [0.2, 0.25) is 0 Å². The molecule has 0 unspecified atom stereocenters. The molecule has 134 valence electrons. The number of aryl methyl sites for hydroxylation is 1. The molecule has 0 aliphatic heterocycles. The molecule has 1 N–H and O–H groups in total. The molecule has 0 aliphatic rings. The van der Waals surface area contributed by atoms with E-state index in [1.807, 2.05) is 55.5 Å². The zero-order valence-corrected chi connectivity index (χ0v) is 14.7. The maximum atomic E-state index is 12.3. The maximum absolute atomic E-state index is 12.3. The zero-order valence-electron chi connectivity index (χ0n) is 14.7. The van der Waals surface area contributed by atoms with Crippen molar-refractivity contribution in [2.45, 2.75) is 32.4 Å². The van der Waals surface area contributed by atoms with Gasteiger partial charge in [0.05, 0.1) is 6.07 Å². The summed E-state index contributed by atoms with van der Waals surface area (Å²) in [4.78, 5) is 12.3. The van der Waals surface area contributed by atoms with Crippen LogP contribution in [0.25, 0.3) is 0 Å². The summed E-state index contributed by atoms with van der Waals surface area (Å²) in [5, 5.41) is 6.72. The summed E-state index contributed by atoms with van der Waals surface area (Å²) < 4.78 is 10.6. The molecule has 3 aromatic rings. The Hall–Kier alpha value is -3.08. The monoisotopic (exact) mass is 350 g/mol. The van der Waals surface area contributed by atoms with Gasteiger partial charge in [0, 0.05) is 6.04 Å². The van der Waals surface area contributed by atoms with Gasteiger partial charge < -0.3 is 14.6 Å². The van der Waals surface area contributed by atoms with Crippen LogP contribution in [0.5, 0.6) is 5.88 Å². The topological polar surface area (TPSA) is 64.4 Å². The predicted octanol–water partition coefficient (Wildman–Crippen LogP) is 4.00. The average Bonchev–Trinajstić information content (AvgIpc) is 3.16. The van der Waals surface area contributed by atoms with Gasteiger partial charge in [-0.1, -0.05) is 60.7 Å². The van der Waals surface area contributed by atoms with Gasteiger partial charge >= 0.3 is 0 Å². The van der Waals surface area contributed by atoms with Gasteiger partial charge in [-0.2, -0.15) is 0 Å². The Balaban J connectivity index is 1.46. The van der Waals surface area contributed by atoms with Crippen molar-refractivity contribution in [1.29, 1.82) is 0 Å². The van der Waals surface area contributed by atoms with Crippen LogP contribution in [0.4, 0.5) is 0 Å². The van der Waals surface area contributed by atoms with E-state index in [4.69, 9.17) is 9.26 Å². The van der Waals surface area contributed by atoms with Crippen molar-refractivity contribution >= 4 is 5.91 Å². The van der Waals surface area contributed by atoms with E-state index < -0.39 is 0 Å². The Bertz CT molecular complexity index is 816. The molecule has 0 saturated carbocycles. The van der Waals surface area contributed by atoms with E-state index in [1.54, 1.807) is 0 Å². The third kappa shape index (κ3) is 5.21. The van der Waals surface area contributed by atoms with E-state index in [2.05, 4.69) is 22.6 Å².